The highest BCUT2D eigenvalue weighted by molar-refractivity contribution is 5.80. The van der Waals surface area contributed by atoms with Gasteiger partial charge in [0.1, 0.15) is 17.3 Å². The fourth-order valence-corrected chi connectivity index (χ4v) is 1.76. The van der Waals surface area contributed by atoms with Crippen molar-refractivity contribution < 1.29 is 24.4 Å². The van der Waals surface area contributed by atoms with Crippen LogP contribution >= 0.6 is 0 Å². The maximum Gasteiger partial charge on any atom is 0.408 e. The van der Waals surface area contributed by atoms with Crippen molar-refractivity contribution in [2.45, 2.75) is 38.8 Å². The molecule has 0 saturated heterocycles. The molecule has 0 radical (unpaired) electrons. The highest BCUT2D eigenvalue weighted by atomic mass is 16.6. The Labute approximate surface area is 132 Å². The summed E-state index contributed by atoms with van der Waals surface area (Å²) in [6.45, 7) is 4.93. The van der Waals surface area contributed by atoms with Crippen molar-refractivity contribution in [3.05, 3.63) is 33.9 Å². The van der Waals surface area contributed by atoms with E-state index in [2.05, 4.69) is 5.32 Å². The first-order chi connectivity index (χ1) is 10.5. The molecule has 126 valence electrons. The second-order valence-electron chi connectivity index (χ2n) is 5.89. The largest absolute Gasteiger partial charge is 0.480 e. The molecule has 1 aromatic rings. The number of alkyl carbamates (subject to hydrolysis) is 1. The summed E-state index contributed by atoms with van der Waals surface area (Å²) >= 11 is 0. The fourth-order valence-electron chi connectivity index (χ4n) is 1.76. The van der Waals surface area contributed by atoms with Crippen LogP contribution in [0.2, 0.25) is 0 Å². The number of carbonyl (C=O) groups is 2. The van der Waals surface area contributed by atoms with Gasteiger partial charge in [-0.15, -0.1) is 0 Å². The molecule has 4 N–H and O–H groups in total. The van der Waals surface area contributed by atoms with E-state index in [9.17, 15) is 24.8 Å². The molecule has 0 heterocycles. The van der Waals surface area contributed by atoms with Gasteiger partial charge in [-0.3, -0.25) is 10.1 Å². The molecule has 0 aliphatic rings. The number of hydrogen-bond donors (Lipinski definition) is 3. The van der Waals surface area contributed by atoms with Crippen molar-refractivity contribution >= 4 is 23.4 Å². The Morgan fingerprint density at radius 2 is 2.04 bits per heavy atom. The first-order valence-corrected chi connectivity index (χ1v) is 6.74. The summed E-state index contributed by atoms with van der Waals surface area (Å²) < 4.78 is 5.00. The Kier molecular flexibility index (Phi) is 5.50. The number of carboxylic acid groups (broad SMARTS) is 1. The van der Waals surface area contributed by atoms with Crippen molar-refractivity contribution in [3.63, 3.8) is 0 Å². The Balaban J connectivity index is 2.89. The minimum absolute atomic E-state index is 0.0225. The molecule has 0 aliphatic heterocycles. The van der Waals surface area contributed by atoms with E-state index >= 15 is 0 Å². The number of hydrogen-bond acceptors (Lipinski definition) is 6. The monoisotopic (exact) mass is 325 g/mol. The number of amides is 1. The van der Waals surface area contributed by atoms with Crippen LogP contribution in [0.3, 0.4) is 0 Å². The number of nitro benzene ring substituents is 1. The third-order valence-corrected chi connectivity index (χ3v) is 2.72. The first kappa shape index (κ1) is 18.2. The zero-order valence-corrected chi connectivity index (χ0v) is 13.0. The average Bonchev–Trinajstić information content (AvgIpc) is 2.37. The normalized spacial score (nSPS) is 12.3. The molecule has 0 bridgehead atoms. The van der Waals surface area contributed by atoms with Gasteiger partial charge < -0.3 is 20.9 Å². The molecule has 23 heavy (non-hydrogen) atoms. The summed E-state index contributed by atoms with van der Waals surface area (Å²) in [5, 5.41) is 22.3. The summed E-state index contributed by atoms with van der Waals surface area (Å²) in [5.41, 5.74) is 4.73. The van der Waals surface area contributed by atoms with Crippen LogP contribution in [0.1, 0.15) is 26.3 Å². The SMILES string of the molecule is CC(C)(C)OC(=O)NC(Cc1ccc(N)c([N+](=O)[O-])c1)C(=O)O. The van der Waals surface area contributed by atoms with E-state index in [1.807, 2.05) is 0 Å². The van der Waals surface area contributed by atoms with Gasteiger partial charge in [-0.25, -0.2) is 9.59 Å². The number of ether oxygens (including phenoxy) is 1. The number of nitro groups is 1. The van der Waals surface area contributed by atoms with E-state index in [0.717, 1.165) is 0 Å². The average molecular weight is 325 g/mol. The van der Waals surface area contributed by atoms with E-state index in [4.69, 9.17) is 10.5 Å². The molecular formula is C14H19N3O6. The first-order valence-electron chi connectivity index (χ1n) is 6.74. The zero-order chi connectivity index (χ0) is 17.8. The number of carboxylic acids is 1. The molecule has 9 nitrogen and oxygen atoms in total. The molecule has 1 amide bonds. The number of nitrogens with two attached hydrogens (primary N) is 1. The minimum Gasteiger partial charge on any atom is -0.480 e. The lowest BCUT2D eigenvalue weighted by molar-refractivity contribution is -0.384. The topological polar surface area (TPSA) is 145 Å². The molecule has 0 aromatic heterocycles. The predicted molar refractivity (Wildman–Crippen MR) is 82.0 cm³/mol. The second kappa shape index (κ2) is 6.95. The molecule has 1 atom stereocenters. The highest BCUT2D eigenvalue weighted by Gasteiger charge is 2.25. The maximum absolute atomic E-state index is 11.7. The van der Waals surface area contributed by atoms with Crippen LogP contribution in [0, 0.1) is 10.1 Å². The number of benzene rings is 1. The number of carbonyl (C=O) groups excluding carboxylic acids is 1. The smallest absolute Gasteiger partial charge is 0.408 e. The van der Waals surface area contributed by atoms with Gasteiger partial charge in [-0.1, -0.05) is 6.07 Å². The van der Waals surface area contributed by atoms with E-state index in [-0.39, 0.29) is 17.8 Å². The second-order valence-corrected chi connectivity index (χ2v) is 5.89. The standard InChI is InChI=1S/C14H19N3O6/c1-14(2,3)23-13(20)16-10(12(18)19)6-8-4-5-9(15)11(7-8)17(21)22/h4-5,7,10H,6,15H2,1-3H3,(H,16,20)(H,18,19). The van der Waals surface area contributed by atoms with Gasteiger partial charge in [0.2, 0.25) is 0 Å². The van der Waals surface area contributed by atoms with E-state index in [1.54, 1.807) is 20.8 Å². The Morgan fingerprint density at radius 1 is 1.43 bits per heavy atom. The number of nitrogens with zero attached hydrogens (tertiary/aromatic N) is 1. The van der Waals surface area contributed by atoms with Crippen molar-refractivity contribution in [1.82, 2.24) is 5.32 Å². The van der Waals surface area contributed by atoms with E-state index < -0.39 is 28.6 Å². The summed E-state index contributed by atoms with van der Waals surface area (Å²) in [7, 11) is 0. The van der Waals surface area contributed by atoms with Crippen LogP contribution in [0.5, 0.6) is 0 Å². The minimum atomic E-state index is -1.28. The van der Waals surface area contributed by atoms with Crippen LogP contribution in [0.4, 0.5) is 16.2 Å². The summed E-state index contributed by atoms with van der Waals surface area (Å²) in [6, 6.07) is 2.69. The molecule has 0 spiro atoms. The van der Waals surface area contributed by atoms with Gasteiger partial charge in [0.15, 0.2) is 0 Å². The van der Waals surface area contributed by atoms with Gasteiger partial charge in [-0.2, -0.15) is 0 Å². The lowest BCUT2D eigenvalue weighted by atomic mass is 10.0. The quantitative estimate of drug-likeness (QED) is 0.424. The zero-order valence-electron chi connectivity index (χ0n) is 13.0. The number of aliphatic carboxylic acids is 1. The fraction of sp³-hybridized carbons (Fsp3) is 0.429. The highest BCUT2D eigenvalue weighted by Crippen LogP contribution is 2.23. The molecule has 1 unspecified atom stereocenters. The van der Waals surface area contributed by atoms with Gasteiger partial charge in [-0.05, 0) is 32.4 Å². The van der Waals surface area contributed by atoms with Crippen molar-refractivity contribution in [2.24, 2.45) is 0 Å². The Hall–Kier alpha value is -2.84. The molecule has 0 saturated carbocycles. The predicted octanol–water partition coefficient (Wildman–Crippen LogP) is 1.70. The summed E-state index contributed by atoms with van der Waals surface area (Å²) in [5.74, 6) is -1.28. The Morgan fingerprint density at radius 3 is 2.52 bits per heavy atom. The molecule has 0 fully saturated rings. The van der Waals surface area contributed by atoms with E-state index in [1.165, 1.54) is 18.2 Å². The third kappa shape index (κ3) is 5.81. The molecule has 1 aromatic carbocycles. The van der Waals surface area contributed by atoms with Gasteiger partial charge in [0, 0.05) is 12.5 Å². The van der Waals surface area contributed by atoms with Crippen molar-refractivity contribution in [3.8, 4) is 0 Å². The molecule has 1 rings (SSSR count). The maximum atomic E-state index is 11.7. The lowest BCUT2D eigenvalue weighted by Gasteiger charge is -2.22. The van der Waals surface area contributed by atoms with Crippen LogP contribution in [-0.2, 0) is 16.0 Å². The van der Waals surface area contributed by atoms with Crippen LogP contribution in [0.15, 0.2) is 18.2 Å². The lowest BCUT2D eigenvalue weighted by Crippen LogP contribution is -2.44. The van der Waals surface area contributed by atoms with Crippen LogP contribution in [0.25, 0.3) is 0 Å². The number of rotatable bonds is 5. The van der Waals surface area contributed by atoms with E-state index in [0.29, 0.717) is 5.56 Å². The third-order valence-electron chi connectivity index (χ3n) is 2.72. The summed E-state index contributed by atoms with van der Waals surface area (Å²) in [4.78, 5) is 33.1. The molecule has 9 heteroatoms. The Bertz CT molecular complexity index is 623. The van der Waals surface area contributed by atoms with Crippen LogP contribution < -0.4 is 11.1 Å². The number of nitrogens with one attached hydrogen (secondary N) is 1. The van der Waals surface area contributed by atoms with Crippen LogP contribution in [-0.4, -0.2) is 33.7 Å². The van der Waals surface area contributed by atoms with Gasteiger partial charge in [0.05, 0.1) is 4.92 Å². The molecule has 0 aliphatic carbocycles. The number of nitrogen functional groups attached to an aromatic ring is 1. The number of anilines is 1. The van der Waals surface area contributed by atoms with Gasteiger partial charge >= 0.3 is 12.1 Å². The van der Waals surface area contributed by atoms with Gasteiger partial charge in [0.25, 0.3) is 5.69 Å². The summed E-state index contributed by atoms with van der Waals surface area (Å²) in [6.07, 6.45) is -1.02. The van der Waals surface area contributed by atoms with Crippen molar-refractivity contribution in [2.75, 3.05) is 5.73 Å². The van der Waals surface area contributed by atoms with Crippen molar-refractivity contribution in [1.29, 1.82) is 0 Å². The molecular weight excluding hydrogens is 306 g/mol.